The van der Waals surface area contributed by atoms with E-state index in [1.54, 1.807) is 0 Å². The summed E-state index contributed by atoms with van der Waals surface area (Å²) in [6, 6.07) is 5.94. The first kappa shape index (κ1) is 17.2. The van der Waals surface area contributed by atoms with Crippen molar-refractivity contribution in [3.8, 4) is 0 Å². The molecule has 3 rings (SSSR count). The van der Waals surface area contributed by atoms with Crippen molar-refractivity contribution in [3.63, 3.8) is 0 Å². The maximum atomic E-state index is 11.9. The summed E-state index contributed by atoms with van der Waals surface area (Å²) in [7, 11) is 3.31. The van der Waals surface area contributed by atoms with E-state index in [1.165, 1.54) is 7.11 Å². The van der Waals surface area contributed by atoms with Crippen LogP contribution in [0.3, 0.4) is 0 Å². The fourth-order valence-corrected chi connectivity index (χ4v) is 3.49. The topological polar surface area (TPSA) is 65.7 Å². The van der Waals surface area contributed by atoms with Gasteiger partial charge in [0.05, 0.1) is 29.8 Å². The molecule has 6 nitrogen and oxygen atoms in total. The highest BCUT2D eigenvalue weighted by Crippen LogP contribution is 2.36. The largest absolute Gasteiger partial charge is 0.465 e. The van der Waals surface area contributed by atoms with Crippen LogP contribution in [0.15, 0.2) is 23.4 Å². The number of aryl methyl sites for hydroxylation is 4. The summed E-state index contributed by atoms with van der Waals surface area (Å²) in [5, 5.41) is 8.72. The normalized spacial score (nSPS) is 19.5. The molecule has 1 atom stereocenters. The van der Waals surface area contributed by atoms with Gasteiger partial charge >= 0.3 is 5.97 Å². The SMILES string of the molecule is COC(=O)c1c(C)cc(C2=NOC(C)(c3cc(C)nn3C)C2)cc1C. The first-order chi connectivity index (χ1) is 11.7. The second kappa shape index (κ2) is 6.02. The number of rotatable bonds is 3. The minimum absolute atomic E-state index is 0.318. The third-order valence-corrected chi connectivity index (χ3v) is 4.66. The summed E-state index contributed by atoms with van der Waals surface area (Å²) in [5.74, 6) is -0.318. The molecule has 25 heavy (non-hydrogen) atoms. The number of carbonyl (C=O) groups excluding carboxylic acids is 1. The number of benzene rings is 1. The number of aromatic nitrogens is 2. The van der Waals surface area contributed by atoms with E-state index in [2.05, 4.69) is 10.3 Å². The molecular formula is C19H23N3O3. The average molecular weight is 341 g/mol. The van der Waals surface area contributed by atoms with Crippen molar-refractivity contribution in [2.75, 3.05) is 7.11 Å². The molecule has 1 aromatic heterocycles. The lowest BCUT2D eigenvalue weighted by molar-refractivity contribution is -0.0135. The van der Waals surface area contributed by atoms with E-state index in [4.69, 9.17) is 9.57 Å². The Morgan fingerprint density at radius 2 is 1.88 bits per heavy atom. The van der Waals surface area contributed by atoms with Gasteiger partial charge in [-0.15, -0.1) is 0 Å². The number of ether oxygens (including phenoxy) is 1. The van der Waals surface area contributed by atoms with Crippen LogP contribution in [0.1, 0.15) is 51.8 Å². The Hall–Kier alpha value is -2.63. The summed E-state index contributed by atoms with van der Waals surface area (Å²) in [5.41, 5.74) is 5.57. The third-order valence-electron chi connectivity index (χ3n) is 4.66. The quantitative estimate of drug-likeness (QED) is 0.804. The van der Waals surface area contributed by atoms with E-state index in [0.29, 0.717) is 12.0 Å². The van der Waals surface area contributed by atoms with Gasteiger partial charge in [-0.2, -0.15) is 5.10 Å². The summed E-state index contributed by atoms with van der Waals surface area (Å²) in [6.07, 6.45) is 0.641. The molecule has 1 aliphatic rings. The molecule has 1 aromatic carbocycles. The molecule has 0 spiro atoms. The van der Waals surface area contributed by atoms with Gasteiger partial charge in [-0.05, 0) is 57.0 Å². The van der Waals surface area contributed by atoms with Crippen LogP contribution in [0, 0.1) is 20.8 Å². The van der Waals surface area contributed by atoms with Gasteiger partial charge in [0.1, 0.15) is 0 Å². The highest BCUT2D eigenvalue weighted by molar-refractivity contribution is 6.03. The summed E-state index contributed by atoms with van der Waals surface area (Å²) in [4.78, 5) is 17.7. The molecule has 0 radical (unpaired) electrons. The molecule has 0 saturated heterocycles. The Labute approximate surface area is 147 Å². The Morgan fingerprint density at radius 1 is 1.24 bits per heavy atom. The fraction of sp³-hybridized carbons (Fsp3) is 0.421. The zero-order valence-corrected chi connectivity index (χ0v) is 15.5. The average Bonchev–Trinajstić information content (AvgIpc) is 3.10. The number of oxime groups is 1. The van der Waals surface area contributed by atoms with E-state index in [-0.39, 0.29) is 5.97 Å². The summed E-state index contributed by atoms with van der Waals surface area (Å²) in [6.45, 7) is 7.79. The van der Waals surface area contributed by atoms with Crippen LogP contribution in [0.4, 0.5) is 0 Å². The van der Waals surface area contributed by atoms with Gasteiger partial charge < -0.3 is 9.57 Å². The van der Waals surface area contributed by atoms with Crippen molar-refractivity contribution in [2.24, 2.45) is 12.2 Å². The van der Waals surface area contributed by atoms with Crippen molar-refractivity contribution in [2.45, 2.75) is 39.7 Å². The van der Waals surface area contributed by atoms with Gasteiger partial charge in [-0.25, -0.2) is 4.79 Å². The number of hydrogen-bond donors (Lipinski definition) is 0. The predicted octanol–water partition coefficient (Wildman–Crippen LogP) is 3.17. The molecule has 0 aliphatic carbocycles. The minimum atomic E-state index is -0.547. The maximum Gasteiger partial charge on any atom is 0.338 e. The highest BCUT2D eigenvalue weighted by atomic mass is 16.7. The molecule has 132 valence electrons. The summed E-state index contributed by atoms with van der Waals surface area (Å²) < 4.78 is 6.70. The van der Waals surface area contributed by atoms with Crippen LogP contribution in [-0.4, -0.2) is 28.6 Å². The second-order valence-electron chi connectivity index (χ2n) is 6.81. The summed E-state index contributed by atoms with van der Waals surface area (Å²) >= 11 is 0. The van der Waals surface area contributed by atoms with Crippen LogP contribution in [-0.2, 0) is 22.2 Å². The molecule has 0 amide bonds. The monoisotopic (exact) mass is 341 g/mol. The Kier molecular flexibility index (Phi) is 4.14. The van der Waals surface area contributed by atoms with Crippen molar-refractivity contribution in [1.29, 1.82) is 0 Å². The second-order valence-corrected chi connectivity index (χ2v) is 6.81. The first-order valence-electron chi connectivity index (χ1n) is 8.21. The van der Waals surface area contributed by atoms with E-state index < -0.39 is 5.60 Å². The smallest absolute Gasteiger partial charge is 0.338 e. The Bertz CT molecular complexity index is 859. The molecule has 0 fully saturated rings. The number of methoxy groups -OCH3 is 1. The number of nitrogens with zero attached hydrogens (tertiary/aromatic N) is 3. The van der Waals surface area contributed by atoms with E-state index in [1.807, 2.05) is 57.6 Å². The standard InChI is InChI=1S/C19H23N3O3/c1-11-7-14(8-12(2)17(11)18(23)24-6)15-10-19(4,25-21-15)16-9-13(3)20-22(16)5/h7-9H,10H2,1-6H3. The van der Waals surface area contributed by atoms with Crippen molar-refractivity contribution in [1.82, 2.24) is 9.78 Å². The zero-order chi connectivity index (χ0) is 18.4. The zero-order valence-electron chi connectivity index (χ0n) is 15.5. The first-order valence-corrected chi connectivity index (χ1v) is 8.21. The molecule has 1 aliphatic heterocycles. The van der Waals surface area contributed by atoms with Gasteiger partial charge in [0.2, 0.25) is 0 Å². The molecule has 6 heteroatoms. The lowest BCUT2D eigenvalue weighted by Gasteiger charge is -2.21. The molecule has 0 N–H and O–H groups in total. The molecule has 0 saturated carbocycles. The van der Waals surface area contributed by atoms with Crippen molar-refractivity contribution in [3.05, 3.63) is 51.8 Å². The van der Waals surface area contributed by atoms with Gasteiger partial charge in [-0.1, -0.05) is 5.16 Å². The maximum absolute atomic E-state index is 11.9. The lowest BCUT2D eigenvalue weighted by atomic mass is 9.90. The van der Waals surface area contributed by atoms with Gasteiger partial charge in [0.15, 0.2) is 5.60 Å². The van der Waals surface area contributed by atoms with Crippen LogP contribution < -0.4 is 0 Å². The van der Waals surface area contributed by atoms with Crippen LogP contribution in [0.2, 0.25) is 0 Å². The molecular weight excluding hydrogens is 318 g/mol. The van der Waals surface area contributed by atoms with Crippen LogP contribution in [0.25, 0.3) is 0 Å². The Morgan fingerprint density at radius 3 is 2.40 bits per heavy atom. The fourth-order valence-electron chi connectivity index (χ4n) is 3.49. The highest BCUT2D eigenvalue weighted by Gasteiger charge is 2.39. The Balaban J connectivity index is 1.92. The van der Waals surface area contributed by atoms with Crippen molar-refractivity contribution < 1.29 is 14.4 Å². The predicted molar refractivity (Wildman–Crippen MR) is 94.8 cm³/mol. The van der Waals surface area contributed by atoms with E-state index >= 15 is 0 Å². The van der Waals surface area contributed by atoms with Crippen LogP contribution >= 0.6 is 0 Å². The molecule has 1 unspecified atom stereocenters. The lowest BCUT2D eigenvalue weighted by Crippen LogP contribution is -2.25. The molecule has 0 bridgehead atoms. The number of carbonyl (C=O) groups is 1. The number of esters is 1. The minimum Gasteiger partial charge on any atom is -0.465 e. The molecule has 2 heterocycles. The third kappa shape index (κ3) is 2.92. The van der Waals surface area contributed by atoms with E-state index in [9.17, 15) is 4.79 Å². The van der Waals surface area contributed by atoms with Gasteiger partial charge in [0, 0.05) is 19.0 Å². The van der Waals surface area contributed by atoms with Gasteiger partial charge in [-0.3, -0.25) is 4.68 Å². The van der Waals surface area contributed by atoms with E-state index in [0.717, 1.165) is 33.8 Å². The van der Waals surface area contributed by atoms with Crippen LogP contribution in [0.5, 0.6) is 0 Å². The van der Waals surface area contributed by atoms with Crippen molar-refractivity contribution >= 4 is 11.7 Å². The number of hydrogen-bond acceptors (Lipinski definition) is 5. The molecule has 2 aromatic rings. The van der Waals surface area contributed by atoms with Gasteiger partial charge in [0.25, 0.3) is 0 Å².